The Kier molecular flexibility index (Phi) is 4.39. The number of carbonyl (C=O) groups is 2. The first-order chi connectivity index (χ1) is 9.66. The van der Waals surface area contributed by atoms with Crippen LogP contribution in [0.15, 0.2) is 30.3 Å². The highest BCUT2D eigenvalue weighted by Crippen LogP contribution is 2.46. The smallest absolute Gasteiger partial charge is 0.324 e. The van der Waals surface area contributed by atoms with Crippen molar-refractivity contribution >= 4 is 11.9 Å². The van der Waals surface area contributed by atoms with Crippen molar-refractivity contribution in [1.82, 2.24) is 0 Å². The predicted molar refractivity (Wildman–Crippen MR) is 70.9 cm³/mol. The van der Waals surface area contributed by atoms with E-state index in [9.17, 15) is 14.7 Å². The van der Waals surface area contributed by atoms with Gasteiger partial charge in [0.1, 0.15) is 0 Å². The molecule has 1 aliphatic heterocycles. The minimum absolute atomic E-state index is 0.119. The largest absolute Gasteiger partial charge is 0.468 e. The van der Waals surface area contributed by atoms with E-state index in [1.807, 2.05) is 30.3 Å². The van der Waals surface area contributed by atoms with Crippen molar-refractivity contribution < 1.29 is 24.2 Å². The van der Waals surface area contributed by atoms with Crippen LogP contribution in [-0.2, 0) is 19.1 Å². The van der Waals surface area contributed by atoms with E-state index in [2.05, 4.69) is 0 Å². The highest BCUT2D eigenvalue weighted by molar-refractivity contribution is 6.02. The van der Waals surface area contributed by atoms with Crippen molar-refractivity contribution in [2.75, 3.05) is 20.3 Å². The first kappa shape index (κ1) is 14.5. The predicted octanol–water partition coefficient (Wildman–Crippen LogP) is 1.26. The zero-order valence-corrected chi connectivity index (χ0v) is 11.4. The molecule has 0 spiro atoms. The van der Waals surface area contributed by atoms with E-state index in [0.717, 1.165) is 5.56 Å². The van der Waals surface area contributed by atoms with Gasteiger partial charge in [-0.15, -0.1) is 0 Å². The van der Waals surface area contributed by atoms with Crippen LogP contribution in [0.3, 0.4) is 0 Å². The van der Waals surface area contributed by atoms with Crippen LogP contribution >= 0.6 is 0 Å². The molecule has 5 nitrogen and oxygen atoms in total. The van der Waals surface area contributed by atoms with E-state index in [1.54, 1.807) is 0 Å². The van der Waals surface area contributed by atoms with Gasteiger partial charge in [0.2, 0.25) is 0 Å². The molecule has 20 heavy (non-hydrogen) atoms. The van der Waals surface area contributed by atoms with Crippen LogP contribution in [0.4, 0.5) is 0 Å². The van der Waals surface area contributed by atoms with E-state index in [1.165, 1.54) is 7.11 Å². The molecular weight excluding hydrogens is 260 g/mol. The molecule has 0 aromatic heterocycles. The fraction of sp³-hybridized carbons (Fsp3) is 0.467. The summed E-state index contributed by atoms with van der Waals surface area (Å²) in [7, 11) is 1.26. The Hall–Kier alpha value is -1.88. The number of ether oxygens (including phenoxy) is 2. The van der Waals surface area contributed by atoms with Gasteiger partial charge in [-0.2, -0.15) is 0 Å². The minimum atomic E-state index is -1.35. The first-order valence-electron chi connectivity index (χ1n) is 6.58. The third-order valence-corrected chi connectivity index (χ3v) is 3.86. The number of hydrogen-bond acceptors (Lipinski definition) is 5. The summed E-state index contributed by atoms with van der Waals surface area (Å²) in [4.78, 5) is 24.4. The average molecular weight is 278 g/mol. The van der Waals surface area contributed by atoms with Gasteiger partial charge in [0.15, 0.2) is 5.41 Å². The van der Waals surface area contributed by atoms with E-state index in [0.29, 0.717) is 6.42 Å². The number of carbonyl (C=O) groups excluding carboxylic acids is 2. The van der Waals surface area contributed by atoms with E-state index < -0.39 is 23.3 Å². The maximum Gasteiger partial charge on any atom is 0.324 e. The van der Waals surface area contributed by atoms with Gasteiger partial charge in [0.25, 0.3) is 0 Å². The van der Waals surface area contributed by atoms with Gasteiger partial charge < -0.3 is 14.6 Å². The van der Waals surface area contributed by atoms with Crippen molar-refractivity contribution in [3.05, 3.63) is 35.9 Å². The SMILES string of the molecule is COC(=O)[C@]1([C@H](CCO)c2ccccc2)CCOC1=O. The third-order valence-electron chi connectivity index (χ3n) is 3.86. The third kappa shape index (κ3) is 2.29. The van der Waals surface area contributed by atoms with Crippen molar-refractivity contribution in [3.63, 3.8) is 0 Å². The molecule has 0 unspecified atom stereocenters. The lowest BCUT2D eigenvalue weighted by Gasteiger charge is -2.31. The molecule has 5 heteroatoms. The Morgan fingerprint density at radius 3 is 2.65 bits per heavy atom. The van der Waals surface area contributed by atoms with Crippen LogP contribution in [-0.4, -0.2) is 37.4 Å². The van der Waals surface area contributed by atoms with Crippen molar-refractivity contribution in [2.45, 2.75) is 18.8 Å². The molecule has 2 rings (SSSR count). The highest BCUT2D eigenvalue weighted by Gasteiger charge is 2.57. The second-order valence-electron chi connectivity index (χ2n) is 4.82. The lowest BCUT2D eigenvalue weighted by atomic mass is 9.69. The number of aliphatic hydroxyl groups excluding tert-OH is 1. The maximum atomic E-state index is 12.2. The summed E-state index contributed by atoms with van der Waals surface area (Å²) in [5, 5.41) is 9.31. The maximum absolute atomic E-state index is 12.2. The second kappa shape index (κ2) is 6.05. The van der Waals surface area contributed by atoms with Gasteiger partial charge in [-0.25, -0.2) is 0 Å². The standard InChI is InChI=1S/C15H18O5/c1-19-13(17)15(8-10-20-14(15)18)12(7-9-16)11-5-3-2-4-6-11/h2-6,12,16H,7-10H2,1H3/t12-,15-/m1/s1. The molecule has 1 heterocycles. The topological polar surface area (TPSA) is 72.8 Å². The lowest BCUT2D eigenvalue weighted by Crippen LogP contribution is -2.42. The zero-order valence-electron chi connectivity index (χ0n) is 11.4. The molecule has 1 saturated heterocycles. The molecule has 2 atom stereocenters. The van der Waals surface area contributed by atoms with Crippen LogP contribution in [0.2, 0.25) is 0 Å². The summed E-state index contributed by atoms with van der Waals surface area (Å²) in [5.74, 6) is -1.61. The molecule has 0 aliphatic carbocycles. The minimum Gasteiger partial charge on any atom is -0.468 e. The molecule has 0 radical (unpaired) electrons. The molecule has 1 aromatic carbocycles. The normalized spacial score (nSPS) is 23.2. The molecular formula is C15H18O5. The second-order valence-corrected chi connectivity index (χ2v) is 4.82. The van der Waals surface area contributed by atoms with Gasteiger partial charge in [-0.3, -0.25) is 9.59 Å². The Balaban J connectivity index is 2.48. The van der Waals surface area contributed by atoms with Crippen LogP contribution in [0, 0.1) is 5.41 Å². The summed E-state index contributed by atoms with van der Waals surface area (Å²) < 4.78 is 9.85. The average Bonchev–Trinajstić information content (AvgIpc) is 2.87. The molecule has 1 aromatic rings. The molecule has 1 aliphatic rings. The van der Waals surface area contributed by atoms with Gasteiger partial charge >= 0.3 is 11.9 Å². The van der Waals surface area contributed by atoms with Gasteiger partial charge in [0, 0.05) is 18.9 Å². The summed E-state index contributed by atoms with van der Waals surface area (Å²) in [6.45, 7) is 0.0777. The first-order valence-corrected chi connectivity index (χ1v) is 6.58. The number of methoxy groups -OCH3 is 1. The van der Waals surface area contributed by atoms with Gasteiger partial charge in [0.05, 0.1) is 13.7 Å². The molecule has 1 fully saturated rings. The monoisotopic (exact) mass is 278 g/mol. The molecule has 1 N–H and O–H groups in total. The zero-order chi connectivity index (χ0) is 14.6. The van der Waals surface area contributed by atoms with Crippen LogP contribution in [0.1, 0.15) is 24.3 Å². The Morgan fingerprint density at radius 2 is 2.15 bits per heavy atom. The van der Waals surface area contributed by atoms with E-state index in [-0.39, 0.29) is 19.6 Å². The van der Waals surface area contributed by atoms with Crippen LogP contribution < -0.4 is 0 Å². The lowest BCUT2D eigenvalue weighted by molar-refractivity contribution is -0.164. The quantitative estimate of drug-likeness (QED) is 0.648. The fourth-order valence-corrected chi connectivity index (χ4v) is 2.87. The van der Waals surface area contributed by atoms with Crippen molar-refractivity contribution in [2.24, 2.45) is 5.41 Å². The fourth-order valence-electron chi connectivity index (χ4n) is 2.87. The summed E-state index contributed by atoms with van der Waals surface area (Å²) >= 11 is 0. The summed E-state index contributed by atoms with van der Waals surface area (Å²) in [6.07, 6.45) is 0.576. The molecule has 0 bridgehead atoms. The van der Waals surface area contributed by atoms with Gasteiger partial charge in [-0.05, 0) is 12.0 Å². The van der Waals surface area contributed by atoms with Crippen LogP contribution in [0.5, 0.6) is 0 Å². The number of cyclic esters (lactones) is 1. The number of rotatable bonds is 5. The van der Waals surface area contributed by atoms with Gasteiger partial charge in [-0.1, -0.05) is 30.3 Å². The summed E-state index contributed by atoms with van der Waals surface area (Å²) in [6, 6.07) is 9.22. The Bertz CT molecular complexity index is 484. The molecule has 108 valence electrons. The highest BCUT2D eigenvalue weighted by atomic mass is 16.6. The Morgan fingerprint density at radius 1 is 1.45 bits per heavy atom. The number of hydrogen-bond donors (Lipinski definition) is 1. The number of benzene rings is 1. The van der Waals surface area contributed by atoms with Crippen molar-refractivity contribution in [1.29, 1.82) is 0 Å². The summed E-state index contributed by atoms with van der Waals surface area (Å²) in [5.41, 5.74) is -0.524. The Labute approximate surface area is 117 Å². The number of esters is 2. The van der Waals surface area contributed by atoms with E-state index in [4.69, 9.17) is 9.47 Å². The van der Waals surface area contributed by atoms with Crippen LogP contribution in [0.25, 0.3) is 0 Å². The molecule has 0 amide bonds. The number of aliphatic hydroxyl groups is 1. The molecule has 0 saturated carbocycles. The van der Waals surface area contributed by atoms with Crippen molar-refractivity contribution in [3.8, 4) is 0 Å². The van der Waals surface area contributed by atoms with E-state index >= 15 is 0 Å².